The van der Waals surface area contributed by atoms with E-state index in [0.717, 1.165) is 11.3 Å². The molecule has 0 unspecified atom stereocenters. The van der Waals surface area contributed by atoms with Crippen LogP contribution < -0.4 is 10.9 Å². The molecule has 0 aliphatic rings. The molecule has 98 valence electrons. The van der Waals surface area contributed by atoms with Crippen LogP contribution in [-0.4, -0.2) is 17.6 Å². The standard InChI is InChI=1S/C12H10N2O3S2/c1-7(15)8-4-5-10(19-8)12(17)14-13-11(16)9-3-2-6-18-9/h2-6H,1H3,(H,13,16)(H,14,17). The quantitative estimate of drug-likeness (QED) is 0.672. The number of hydrogen-bond donors (Lipinski definition) is 2. The van der Waals surface area contributed by atoms with Gasteiger partial charge in [0.1, 0.15) is 0 Å². The Morgan fingerprint density at radius 1 is 0.947 bits per heavy atom. The number of hydrogen-bond acceptors (Lipinski definition) is 5. The van der Waals surface area contributed by atoms with E-state index in [-0.39, 0.29) is 11.7 Å². The van der Waals surface area contributed by atoms with Crippen LogP contribution >= 0.6 is 22.7 Å². The van der Waals surface area contributed by atoms with E-state index in [2.05, 4.69) is 10.9 Å². The molecule has 5 nitrogen and oxygen atoms in total. The van der Waals surface area contributed by atoms with Gasteiger partial charge in [0.15, 0.2) is 5.78 Å². The van der Waals surface area contributed by atoms with Gasteiger partial charge < -0.3 is 0 Å². The fraction of sp³-hybridized carbons (Fsp3) is 0.0833. The van der Waals surface area contributed by atoms with Crippen molar-refractivity contribution in [1.82, 2.24) is 10.9 Å². The Morgan fingerprint density at radius 2 is 1.58 bits per heavy atom. The number of carbonyl (C=O) groups excluding carboxylic acids is 3. The highest BCUT2D eigenvalue weighted by Crippen LogP contribution is 2.16. The van der Waals surface area contributed by atoms with Gasteiger partial charge in [-0.05, 0) is 30.5 Å². The molecule has 2 aromatic heterocycles. The van der Waals surface area contributed by atoms with Crippen molar-refractivity contribution in [3.8, 4) is 0 Å². The molecule has 0 spiro atoms. The summed E-state index contributed by atoms with van der Waals surface area (Å²) in [6.45, 7) is 1.44. The number of nitrogens with one attached hydrogen (secondary N) is 2. The Bertz CT molecular complexity index is 617. The number of carbonyl (C=O) groups is 3. The number of ketones is 1. The third-order valence-electron chi connectivity index (χ3n) is 2.21. The summed E-state index contributed by atoms with van der Waals surface area (Å²) in [6.07, 6.45) is 0. The molecular formula is C12H10N2O3S2. The van der Waals surface area contributed by atoms with Crippen LogP contribution in [0.25, 0.3) is 0 Å². The second kappa shape index (κ2) is 5.77. The molecule has 2 aromatic rings. The molecule has 0 aliphatic heterocycles. The molecule has 0 bridgehead atoms. The zero-order valence-corrected chi connectivity index (χ0v) is 11.6. The van der Waals surface area contributed by atoms with Crippen molar-refractivity contribution in [2.24, 2.45) is 0 Å². The van der Waals surface area contributed by atoms with Gasteiger partial charge in [0.25, 0.3) is 11.8 Å². The van der Waals surface area contributed by atoms with Crippen molar-refractivity contribution in [2.45, 2.75) is 6.92 Å². The van der Waals surface area contributed by atoms with E-state index >= 15 is 0 Å². The van der Waals surface area contributed by atoms with Gasteiger partial charge in [0.05, 0.1) is 14.6 Å². The molecule has 19 heavy (non-hydrogen) atoms. The first-order valence-corrected chi connectivity index (χ1v) is 7.02. The average molecular weight is 294 g/mol. The summed E-state index contributed by atoms with van der Waals surface area (Å²) in [4.78, 5) is 35.8. The molecule has 2 N–H and O–H groups in total. The summed E-state index contributed by atoms with van der Waals surface area (Å²) >= 11 is 2.37. The summed E-state index contributed by atoms with van der Waals surface area (Å²) in [6, 6.07) is 6.54. The molecule has 0 saturated carbocycles. The minimum atomic E-state index is -0.442. The number of amides is 2. The minimum Gasteiger partial charge on any atom is -0.294 e. The summed E-state index contributed by atoms with van der Waals surface area (Å²) in [5, 5.41) is 1.77. The number of hydrazine groups is 1. The molecular weight excluding hydrogens is 284 g/mol. The second-order valence-electron chi connectivity index (χ2n) is 3.61. The Labute approximate surface area is 117 Å². The summed E-state index contributed by atoms with van der Waals surface area (Å²) < 4.78 is 0. The topological polar surface area (TPSA) is 75.3 Å². The third-order valence-corrected chi connectivity index (χ3v) is 4.26. The second-order valence-corrected chi connectivity index (χ2v) is 5.64. The highest BCUT2D eigenvalue weighted by atomic mass is 32.1. The molecule has 0 aliphatic carbocycles. The zero-order chi connectivity index (χ0) is 13.8. The zero-order valence-electron chi connectivity index (χ0n) is 9.93. The van der Waals surface area contributed by atoms with Gasteiger partial charge in [-0.1, -0.05) is 6.07 Å². The van der Waals surface area contributed by atoms with Crippen molar-refractivity contribution >= 4 is 40.3 Å². The average Bonchev–Trinajstić information content (AvgIpc) is 3.05. The molecule has 0 radical (unpaired) electrons. The van der Waals surface area contributed by atoms with E-state index in [1.54, 1.807) is 29.6 Å². The molecule has 2 heterocycles. The summed E-state index contributed by atoms with van der Waals surface area (Å²) in [5.74, 6) is -0.902. The molecule has 2 amide bonds. The smallest absolute Gasteiger partial charge is 0.279 e. The Balaban J connectivity index is 1.94. The Kier molecular flexibility index (Phi) is 4.08. The van der Waals surface area contributed by atoms with Crippen LogP contribution in [0.3, 0.4) is 0 Å². The predicted octanol–water partition coefficient (Wildman–Crippen LogP) is 2.09. The maximum atomic E-state index is 11.7. The largest absolute Gasteiger partial charge is 0.294 e. The summed E-state index contributed by atoms with van der Waals surface area (Å²) in [5.41, 5.74) is 4.62. The molecule has 0 atom stereocenters. The van der Waals surface area contributed by atoms with E-state index in [0.29, 0.717) is 14.6 Å². The van der Waals surface area contributed by atoms with E-state index in [1.807, 2.05) is 0 Å². The van der Waals surface area contributed by atoms with E-state index in [4.69, 9.17) is 0 Å². The van der Waals surface area contributed by atoms with Gasteiger partial charge in [-0.15, -0.1) is 22.7 Å². The first-order chi connectivity index (χ1) is 9.08. The molecule has 0 saturated heterocycles. The minimum absolute atomic E-state index is 0.0910. The van der Waals surface area contributed by atoms with Gasteiger partial charge in [-0.2, -0.15) is 0 Å². The Hall–Kier alpha value is -1.99. The number of rotatable bonds is 3. The lowest BCUT2D eigenvalue weighted by molar-refractivity contribution is 0.0851. The van der Waals surface area contributed by atoms with Crippen molar-refractivity contribution < 1.29 is 14.4 Å². The van der Waals surface area contributed by atoms with Gasteiger partial charge >= 0.3 is 0 Å². The lowest BCUT2D eigenvalue weighted by Crippen LogP contribution is -2.41. The first kappa shape index (κ1) is 13.4. The number of Topliss-reactive ketones (excluding diaryl/α,β-unsaturated/α-hetero) is 1. The molecule has 0 fully saturated rings. The van der Waals surface area contributed by atoms with Gasteiger partial charge in [0.2, 0.25) is 0 Å². The lowest BCUT2D eigenvalue weighted by atomic mass is 10.3. The van der Waals surface area contributed by atoms with Crippen LogP contribution in [0.5, 0.6) is 0 Å². The van der Waals surface area contributed by atoms with Crippen LogP contribution in [-0.2, 0) is 0 Å². The fourth-order valence-corrected chi connectivity index (χ4v) is 2.71. The summed E-state index contributed by atoms with van der Waals surface area (Å²) in [7, 11) is 0. The maximum absolute atomic E-state index is 11.7. The van der Waals surface area contributed by atoms with Crippen LogP contribution in [0.4, 0.5) is 0 Å². The van der Waals surface area contributed by atoms with Crippen molar-refractivity contribution in [2.75, 3.05) is 0 Å². The maximum Gasteiger partial charge on any atom is 0.279 e. The van der Waals surface area contributed by atoms with Crippen LogP contribution in [0.1, 0.15) is 35.9 Å². The van der Waals surface area contributed by atoms with Gasteiger partial charge in [-0.3, -0.25) is 25.2 Å². The Morgan fingerprint density at radius 3 is 2.11 bits per heavy atom. The van der Waals surface area contributed by atoms with Gasteiger partial charge in [-0.25, -0.2) is 0 Å². The normalized spacial score (nSPS) is 9.95. The molecule has 7 heteroatoms. The third kappa shape index (κ3) is 3.27. The lowest BCUT2D eigenvalue weighted by Gasteiger charge is -2.04. The highest BCUT2D eigenvalue weighted by Gasteiger charge is 2.13. The van der Waals surface area contributed by atoms with Crippen molar-refractivity contribution in [3.05, 3.63) is 44.3 Å². The van der Waals surface area contributed by atoms with Crippen molar-refractivity contribution in [1.29, 1.82) is 0 Å². The number of thiophene rings is 2. The van der Waals surface area contributed by atoms with Crippen molar-refractivity contribution in [3.63, 3.8) is 0 Å². The van der Waals surface area contributed by atoms with E-state index < -0.39 is 5.91 Å². The SMILES string of the molecule is CC(=O)c1ccc(C(=O)NNC(=O)c2cccs2)s1. The fourth-order valence-electron chi connectivity index (χ4n) is 1.29. The predicted molar refractivity (Wildman–Crippen MR) is 73.6 cm³/mol. The highest BCUT2D eigenvalue weighted by molar-refractivity contribution is 7.16. The van der Waals surface area contributed by atoms with E-state index in [9.17, 15) is 14.4 Å². The first-order valence-electron chi connectivity index (χ1n) is 5.33. The van der Waals surface area contributed by atoms with Gasteiger partial charge in [0, 0.05) is 0 Å². The van der Waals surface area contributed by atoms with Crippen LogP contribution in [0, 0.1) is 0 Å². The monoisotopic (exact) mass is 294 g/mol. The molecule has 2 rings (SSSR count). The van der Waals surface area contributed by atoms with E-state index in [1.165, 1.54) is 18.3 Å². The molecule has 0 aromatic carbocycles. The van der Waals surface area contributed by atoms with Crippen LogP contribution in [0.2, 0.25) is 0 Å². The van der Waals surface area contributed by atoms with Crippen LogP contribution in [0.15, 0.2) is 29.6 Å².